The van der Waals surface area contributed by atoms with Crippen LogP contribution in [0.15, 0.2) is 18.2 Å². The van der Waals surface area contributed by atoms with Crippen LogP contribution in [0.1, 0.15) is 48.0 Å². The zero-order chi connectivity index (χ0) is 24.2. The van der Waals surface area contributed by atoms with Crippen LogP contribution in [0.4, 0.5) is 8.78 Å². The Labute approximate surface area is 190 Å². The van der Waals surface area contributed by atoms with E-state index in [1.165, 1.54) is 18.2 Å². The molecule has 0 saturated heterocycles. The maximum absolute atomic E-state index is 13.4. The van der Waals surface area contributed by atoms with Crippen LogP contribution >= 0.6 is 0 Å². The van der Waals surface area contributed by atoms with Crippen molar-refractivity contribution in [2.75, 3.05) is 6.61 Å². The van der Waals surface area contributed by atoms with Gasteiger partial charge >= 0.3 is 27.3 Å². The van der Waals surface area contributed by atoms with E-state index in [9.17, 15) is 31.6 Å². The first-order valence-corrected chi connectivity index (χ1v) is 11.9. The number of halogens is 2. The summed E-state index contributed by atoms with van der Waals surface area (Å²) < 4.78 is 66.9. The molecule has 2 atom stereocenters. The van der Waals surface area contributed by atoms with Crippen LogP contribution in [0.3, 0.4) is 0 Å². The summed E-state index contributed by atoms with van der Waals surface area (Å²) in [6.07, 6.45) is 2.86. The number of alkyl halides is 2. The molecule has 5 rings (SSSR count). The van der Waals surface area contributed by atoms with Crippen molar-refractivity contribution in [1.82, 2.24) is 0 Å². The predicted octanol–water partition coefficient (Wildman–Crippen LogP) is 2.29. The number of hydrogen-bond acceptors (Lipinski definition) is 7. The Balaban J connectivity index is 1.56. The molecular weight excluding hydrogens is 461 g/mol. The molecule has 0 aliphatic heterocycles. The number of hydrogen-bond donors (Lipinski definition) is 1. The lowest BCUT2D eigenvalue weighted by Gasteiger charge is -2.53. The molecule has 4 aliphatic carbocycles. The monoisotopic (exact) mass is 482 g/mol. The van der Waals surface area contributed by atoms with Crippen molar-refractivity contribution in [3.05, 3.63) is 29.3 Å². The predicted molar refractivity (Wildman–Crippen MR) is 109 cm³/mol. The van der Waals surface area contributed by atoms with E-state index in [1.807, 2.05) is 0 Å². The SMILES string of the molecule is [B]Cc1ccc(C(=O)OCC(F)(F)S(=O)(=O)O)c(OC(=O)C23CC4CC(C2)C(=O)C(C4)C3)c1. The van der Waals surface area contributed by atoms with Crippen molar-refractivity contribution in [2.45, 2.75) is 43.7 Å². The highest BCUT2D eigenvalue weighted by molar-refractivity contribution is 7.86. The van der Waals surface area contributed by atoms with Gasteiger partial charge in [0.05, 0.1) is 13.3 Å². The Kier molecular flexibility index (Phi) is 5.89. The fourth-order valence-corrected chi connectivity index (χ4v) is 5.66. The third-order valence-corrected chi connectivity index (χ3v) is 7.75. The molecule has 8 nitrogen and oxygen atoms in total. The van der Waals surface area contributed by atoms with E-state index in [1.54, 1.807) is 0 Å². The molecule has 4 aliphatic rings. The molecule has 0 spiro atoms. The molecule has 0 heterocycles. The highest BCUT2D eigenvalue weighted by Crippen LogP contribution is 2.59. The fraction of sp³-hybridized carbons (Fsp3) is 0.571. The Morgan fingerprint density at radius 3 is 2.39 bits per heavy atom. The lowest BCUT2D eigenvalue weighted by molar-refractivity contribution is -0.167. The van der Waals surface area contributed by atoms with Gasteiger partial charge in [0.1, 0.15) is 17.1 Å². The molecule has 4 saturated carbocycles. The number of ketones is 1. The van der Waals surface area contributed by atoms with Gasteiger partial charge in [0, 0.05) is 11.8 Å². The molecular formula is C21H21BF2O8S. The second-order valence-corrected chi connectivity index (χ2v) is 10.7. The minimum atomic E-state index is -5.79. The van der Waals surface area contributed by atoms with Gasteiger partial charge in [-0.15, -0.1) is 0 Å². The number of Topliss-reactive ketones (excluding diaryl/α,β-unsaturated/α-hetero) is 1. The largest absolute Gasteiger partial charge is 0.454 e. The third-order valence-electron chi connectivity index (χ3n) is 6.88. The summed E-state index contributed by atoms with van der Waals surface area (Å²) in [6, 6.07) is 3.88. The Morgan fingerprint density at radius 2 is 1.82 bits per heavy atom. The van der Waals surface area contributed by atoms with Gasteiger partial charge in [-0.05, 0) is 50.2 Å². The van der Waals surface area contributed by atoms with Crippen molar-refractivity contribution < 1.29 is 45.6 Å². The molecule has 176 valence electrons. The standard InChI is InChI=1S/C21H21BF2O8S/c22-9-11-1-2-15(18(26)31-10-21(23,24)33(28,29)30)16(5-11)32-19(27)20-6-12-3-13(7-20)17(25)14(4-12)8-20/h1-2,5,12-14H,3-4,6-10H2,(H,28,29,30). The van der Waals surface area contributed by atoms with Gasteiger partial charge < -0.3 is 9.47 Å². The summed E-state index contributed by atoms with van der Waals surface area (Å²) in [7, 11) is -0.177. The van der Waals surface area contributed by atoms with Crippen LogP contribution in [0.25, 0.3) is 0 Å². The van der Waals surface area contributed by atoms with Gasteiger partial charge in [0.25, 0.3) is 0 Å². The fourth-order valence-electron chi connectivity index (χ4n) is 5.45. The first-order chi connectivity index (χ1) is 15.3. The maximum Gasteiger partial charge on any atom is 0.402 e. The second-order valence-electron chi connectivity index (χ2n) is 9.14. The van der Waals surface area contributed by atoms with E-state index in [4.69, 9.17) is 17.1 Å². The quantitative estimate of drug-likeness (QED) is 0.272. The summed E-state index contributed by atoms with van der Waals surface area (Å²) in [5.74, 6) is -2.19. The summed E-state index contributed by atoms with van der Waals surface area (Å²) in [6.45, 7) is -1.92. The number of carbonyl (C=O) groups excluding carboxylic acids is 3. The van der Waals surface area contributed by atoms with Crippen molar-refractivity contribution in [2.24, 2.45) is 23.2 Å². The third kappa shape index (κ3) is 4.30. The summed E-state index contributed by atoms with van der Waals surface area (Å²) >= 11 is 0. The molecule has 33 heavy (non-hydrogen) atoms. The van der Waals surface area contributed by atoms with Gasteiger partial charge in [0.15, 0.2) is 6.61 Å². The summed E-state index contributed by atoms with van der Waals surface area (Å²) in [4.78, 5) is 38.1. The molecule has 4 fully saturated rings. The van der Waals surface area contributed by atoms with Gasteiger partial charge in [-0.25, -0.2) is 4.79 Å². The van der Waals surface area contributed by atoms with E-state index >= 15 is 0 Å². The van der Waals surface area contributed by atoms with Crippen LogP contribution in [0.5, 0.6) is 5.75 Å². The Morgan fingerprint density at radius 1 is 1.18 bits per heavy atom. The molecule has 2 radical (unpaired) electrons. The Hall–Kier alpha value is -2.34. The van der Waals surface area contributed by atoms with E-state index < -0.39 is 39.3 Å². The van der Waals surface area contributed by atoms with Gasteiger partial charge in [0.2, 0.25) is 0 Å². The number of rotatable bonds is 7. The number of ether oxygens (including phenoxy) is 2. The summed E-state index contributed by atoms with van der Waals surface area (Å²) in [5, 5.41) is -4.71. The highest BCUT2D eigenvalue weighted by atomic mass is 32.2. The minimum Gasteiger partial charge on any atom is -0.454 e. The van der Waals surface area contributed by atoms with E-state index in [0.717, 1.165) is 12.8 Å². The minimum absolute atomic E-state index is 0.0343. The molecule has 0 amide bonds. The van der Waals surface area contributed by atoms with E-state index in [0.29, 0.717) is 24.8 Å². The van der Waals surface area contributed by atoms with Crippen LogP contribution in [-0.4, -0.2) is 50.4 Å². The first-order valence-electron chi connectivity index (χ1n) is 10.5. The maximum atomic E-state index is 13.4. The Bertz CT molecular complexity index is 1100. The molecule has 4 bridgehead atoms. The first kappa shape index (κ1) is 23.8. The van der Waals surface area contributed by atoms with E-state index in [2.05, 4.69) is 4.74 Å². The second kappa shape index (κ2) is 8.16. The average Bonchev–Trinajstić information content (AvgIpc) is 2.74. The van der Waals surface area contributed by atoms with Crippen molar-refractivity contribution in [1.29, 1.82) is 0 Å². The van der Waals surface area contributed by atoms with Crippen molar-refractivity contribution in [3.8, 4) is 5.75 Å². The highest BCUT2D eigenvalue weighted by Gasteiger charge is 2.59. The number of esters is 2. The van der Waals surface area contributed by atoms with Gasteiger partial charge in [-0.3, -0.25) is 14.1 Å². The normalized spacial score (nSPS) is 28.6. The van der Waals surface area contributed by atoms with Crippen molar-refractivity contribution >= 4 is 35.7 Å². The molecule has 1 aromatic carbocycles. The molecule has 0 aromatic heterocycles. The molecule has 1 N–H and O–H groups in total. The van der Waals surface area contributed by atoms with E-state index in [-0.39, 0.29) is 41.2 Å². The van der Waals surface area contributed by atoms with Crippen LogP contribution < -0.4 is 4.74 Å². The van der Waals surface area contributed by atoms with Crippen LogP contribution in [0, 0.1) is 23.2 Å². The number of benzene rings is 1. The van der Waals surface area contributed by atoms with Crippen LogP contribution in [0.2, 0.25) is 0 Å². The van der Waals surface area contributed by atoms with Crippen LogP contribution in [-0.2, 0) is 30.8 Å². The molecule has 12 heteroatoms. The van der Waals surface area contributed by atoms with Crippen molar-refractivity contribution in [3.63, 3.8) is 0 Å². The topological polar surface area (TPSA) is 124 Å². The lowest BCUT2D eigenvalue weighted by atomic mass is 9.49. The average molecular weight is 482 g/mol. The summed E-state index contributed by atoms with van der Waals surface area (Å²) in [5.41, 5.74) is -0.756. The smallest absolute Gasteiger partial charge is 0.402 e. The molecule has 1 aromatic rings. The zero-order valence-electron chi connectivity index (χ0n) is 17.5. The zero-order valence-corrected chi connectivity index (χ0v) is 18.3. The molecule has 2 unspecified atom stereocenters. The van der Waals surface area contributed by atoms with Gasteiger partial charge in [-0.1, -0.05) is 17.9 Å². The van der Waals surface area contributed by atoms with Gasteiger partial charge in [-0.2, -0.15) is 17.2 Å². The number of carbonyl (C=O) groups is 3. The lowest BCUT2D eigenvalue weighted by Crippen LogP contribution is -2.55.